The number of hydrogen-bond acceptors (Lipinski definition) is 4. The molecule has 25 heavy (non-hydrogen) atoms. The lowest BCUT2D eigenvalue weighted by atomic mass is 10.0. The zero-order valence-electron chi connectivity index (χ0n) is 14.2. The van der Waals surface area contributed by atoms with Crippen LogP contribution in [0.4, 0.5) is 4.79 Å². The number of aryl methyl sites for hydroxylation is 1. The first-order chi connectivity index (χ1) is 12.2. The van der Waals surface area contributed by atoms with Gasteiger partial charge in [0.2, 0.25) is 0 Å². The van der Waals surface area contributed by atoms with Crippen LogP contribution >= 0.6 is 11.3 Å². The van der Waals surface area contributed by atoms with E-state index in [0.29, 0.717) is 13.1 Å². The average molecular weight is 358 g/mol. The molecule has 1 aromatic heterocycles. The maximum Gasteiger partial charge on any atom is 0.333 e. The third-order valence-electron chi connectivity index (χ3n) is 4.41. The molecule has 1 aliphatic rings. The summed E-state index contributed by atoms with van der Waals surface area (Å²) < 4.78 is 4.92. The van der Waals surface area contributed by atoms with Crippen molar-refractivity contribution in [2.75, 3.05) is 20.2 Å². The number of ether oxygens (including phenoxy) is 1. The smallest absolute Gasteiger partial charge is 0.333 e. The second-order valence-corrected chi connectivity index (χ2v) is 6.99. The molecule has 1 unspecified atom stereocenters. The minimum atomic E-state index is -0.644. The van der Waals surface area contributed by atoms with E-state index >= 15 is 0 Å². The number of rotatable bonds is 5. The van der Waals surface area contributed by atoms with Crippen LogP contribution in [0.15, 0.2) is 41.8 Å². The first-order valence-electron chi connectivity index (χ1n) is 8.43. The zero-order valence-corrected chi connectivity index (χ0v) is 15.1. The van der Waals surface area contributed by atoms with Gasteiger partial charge in [0, 0.05) is 18.0 Å². The number of thiophene rings is 1. The van der Waals surface area contributed by atoms with Crippen LogP contribution in [0.5, 0.6) is 0 Å². The van der Waals surface area contributed by atoms with Gasteiger partial charge >= 0.3 is 12.0 Å². The van der Waals surface area contributed by atoms with Crippen molar-refractivity contribution in [3.63, 3.8) is 0 Å². The molecule has 2 heterocycles. The Morgan fingerprint density at radius 1 is 1.28 bits per heavy atom. The molecule has 0 saturated heterocycles. The van der Waals surface area contributed by atoms with Crippen molar-refractivity contribution in [1.29, 1.82) is 0 Å². The van der Waals surface area contributed by atoms with Crippen LogP contribution in [0.25, 0.3) is 0 Å². The van der Waals surface area contributed by atoms with Gasteiger partial charge in [-0.3, -0.25) is 0 Å². The molecule has 1 atom stereocenters. The lowest BCUT2D eigenvalue weighted by molar-refractivity contribution is -0.146. The Hall–Kier alpha value is -2.34. The molecule has 0 aliphatic carbocycles. The lowest BCUT2D eigenvalue weighted by Gasteiger charge is -2.33. The van der Waals surface area contributed by atoms with Crippen LogP contribution in [-0.4, -0.2) is 37.1 Å². The van der Waals surface area contributed by atoms with Crippen molar-refractivity contribution in [2.24, 2.45) is 0 Å². The number of amides is 2. The quantitative estimate of drug-likeness (QED) is 0.660. The molecule has 1 aromatic carbocycles. The van der Waals surface area contributed by atoms with Crippen LogP contribution in [0.3, 0.4) is 0 Å². The molecule has 0 fully saturated rings. The third-order valence-corrected chi connectivity index (χ3v) is 5.41. The highest BCUT2D eigenvalue weighted by Gasteiger charge is 2.37. The number of esters is 1. The highest BCUT2D eigenvalue weighted by Crippen LogP contribution is 2.34. The van der Waals surface area contributed by atoms with E-state index in [1.165, 1.54) is 12.7 Å². The van der Waals surface area contributed by atoms with Gasteiger partial charge in [-0.05, 0) is 41.8 Å². The lowest BCUT2D eigenvalue weighted by Crippen LogP contribution is -2.48. The topological polar surface area (TPSA) is 58.6 Å². The van der Waals surface area contributed by atoms with Gasteiger partial charge in [-0.25, -0.2) is 9.59 Å². The predicted molar refractivity (Wildman–Crippen MR) is 97.6 cm³/mol. The number of benzene rings is 1. The van der Waals surface area contributed by atoms with Crippen molar-refractivity contribution in [3.8, 4) is 0 Å². The number of carbonyl (C=O) groups excluding carboxylic acids is 2. The van der Waals surface area contributed by atoms with Gasteiger partial charge in [-0.1, -0.05) is 30.3 Å². The maximum absolute atomic E-state index is 12.6. The fourth-order valence-electron chi connectivity index (χ4n) is 3.14. The number of fused-ring (bicyclic) bond motifs is 1. The largest absolute Gasteiger partial charge is 0.467 e. The van der Waals surface area contributed by atoms with E-state index in [0.717, 1.165) is 29.7 Å². The molecule has 1 N–H and O–H groups in total. The van der Waals surface area contributed by atoms with Gasteiger partial charge in [-0.2, -0.15) is 0 Å². The number of urea groups is 1. The van der Waals surface area contributed by atoms with Crippen molar-refractivity contribution in [3.05, 3.63) is 57.8 Å². The molecule has 2 amide bonds. The summed E-state index contributed by atoms with van der Waals surface area (Å²) in [6, 6.07) is 11.2. The predicted octanol–water partition coefficient (Wildman–Crippen LogP) is 3.16. The number of nitrogens with one attached hydrogen (secondary N) is 1. The number of nitrogens with zero attached hydrogens (tertiary/aromatic N) is 1. The van der Waals surface area contributed by atoms with Gasteiger partial charge in [0.05, 0.1) is 7.11 Å². The van der Waals surface area contributed by atoms with Crippen LogP contribution < -0.4 is 5.32 Å². The number of hydrogen-bond donors (Lipinski definition) is 1. The first kappa shape index (κ1) is 17.5. The molecule has 3 rings (SSSR count). The van der Waals surface area contributed by atoms with Crippen molar-refractivity contribution in [1.82, 2.24) is 10.2 Å². The van der Waals surface area contributed by atoms with E-state index in [9.17, 15) is 9.59 Å². The Morgan fingerprint density at radius 2 is 2.08 bits per heavy atom. The van der Waals surface area contributed by atoms with Crippen LogP contribution in [0, 0.1) is 0 Å². The Kier molecular flexibility index (Phi) is 5.71. The SMILES string of the molecule is COC(=O)C1c2ccsc2CCN1C(=O)NCCCc1ccccc1. The number of methoxy groups -OCH3 is 1. The van der Waals surface area contributed by atoms with Gasteiger partial charge in [-0.15, -0.1) is 11.3 Å². The fraction of sp³-hybridized carbons (Fsp3) is 0.368. The molecule has 5 nitrogen and oxygen atoms in total. The molecule has 0 radical (unpaired) electrons. The molecule has 1 aliphatic heterocycles. The summed E-state index contributed by atoms with van der Waals surface area (Å²) in [7, 11) is 1.36. The van der Waals surface area contributed by atoms with Gasteiger partial charge in [0.25, 0.3) is 0 Å². The molecular formula is C19H22N2O3S. The molecule has 0 bridgehead atoms. The normalized spacial score (nSPS) is 16.2. The van der Waals surface area contributed by atoms with Gasteiger partial charge < -0.3 is 15.0 Å². The summed E-state index contributed by atoms with van der Waals surface area (Å²) in [6.07, 6.45) is 2.55. The summed E-state index contributed by atoms with van der Waals surface area (Å²) in [4.78, 5) is 27.5. The Labute approximate surface area is 151 Å². The molecule has 0 saturated carbocycles. The van der Waals surface area contributed by atoms with Crippen LogP contribution in [-0.2, 0) is 22.4 Å². The van der Waals surface area contributed by atoms with E-state index in [1.807, 2.05) is 29.6 Å². The Morgan fingerprint density at radius 3 is 2.84 bits per heavy atom. The van der Waals surface area contributed by atoms with E-state index in [4.69, 9.17) is 4.74 Å². The molecule has 132 valence electrons. The highest BCUT2D eigenvalue weighted by atomic mass is 32.1. The highest BCUT2D eigenvalue weighted by molar-refractivity contribution is 7.10. The summed E-state index contributed by atoms with van der Waals surface area (Å²) in [5.41, 5.74) is 2.15. The molecular weight excluding hydrogens is 336 g/mol. The second-order valence-electron chi connectivity index (χ2n) is 5.99. The third kappa shape index (κ3) is 4.02. The first-order valence-corrected chi connectivity index (χ1v) is 9.31. The zero-order chi connectivity index (χ0) is 17.6. The number of carbonyl (C=O) groups is 2. The van der Waals surface area contributed by atoms with E-state index < -0.39 is 12.0 Å². The summed E-state index contributed by atoms with van der Waals surface area (Å²) in [6.45, 7) is 1.10. The standard InChI is InChI=1S/C19H22N2O3S/c1-24-18(22)17-15-10-13-25-16(15)9-12-21(17)19(23)20-11-5-8-14-6-3-2-4-7-14/h2-4,6-7,10,13,17H,5,8-9,11-12H2,1H3,(H,20,23). The van der Waals surface area contributed by atoms with E-state index in [1.54, 1.807) is 16.2 Å². The second kappa shape index (κ2) is 8.16. The summed E-state index contributed by atoms with van der Waals surface area (Å²) in [5, 5.41) is 4.90. The minimum Gasteiger partial charge on any atom is -0.467 e. The molecule has 6 heteroatoms. The van der Waals surface area contributed by atoms with E-state index in [2.05, 4.69) is 17.4 Å². The van der Waals surface area contributed by atoms with E-state index in [-0.39, 0.29) is 6.03 Å². The van der Waals surface area contributed by atoms with Crippen LogP contribution in [0.2, 0.25) is 0 Å². The van der Waals surface area contributed by atoms with Crippen molar-refractivity contribution >= 4 is 23.3 Å². The van der Waals surface area contributed by atoms with Crippen LogP contribution in [0.1, 0.15) is 28.5 Å². The summed E-state index contributed by atoms with van der Waals surface area (Å²) in [5.74, 6) is -0.390. The fourth-order valence-corrected chi connectivity index (χ4v) is 4.04. The Bertz CT molecular complexity index is 729. The summed E-state index contributed by atoms with van der Waals surface area (Å²) >= 11 is 1.62. The molecule has 0 spiro atoms. The van der Waals surface area contributed by atoms with Crippen molar-refractivity contribution in [2.45, 2.75) is 25.3 Å². The molecule has 2 aromatic rings. The van der Waals surface area contributed by atoms with Gasteiger partial charge in [0.15, 0.2) is 6.04 Å². The monoisotopic (exact) mass is 358 g/mol. The van der Waals surface area contributed by atoms with Crippen molar-refractivity contribution < 1.29 is 14.3 Å². The maximum atomic E-state index is 12.6. The average Bonchev–Trinajstić information content (AvgIpc) is 3.13. The minimum absolute atomic E-state index is 0.208. The van der Waals surface area contributed by atoms with Gasteiger partial charge in [0.1, 0.15) is 0 Å². The Balaban J connectivity index is 1.58.